The van der Waals surface area contributed by atoms with Crippen LogP contribution in [0.2, 0.25) is 0 Å². The van der Waals surface area contributed by atoms with Crippen molar-refractivity contribution < 1.29 is 9.84 Å². The first kappa shape index (κ1) is 17.7. The molecule has 1 aromatic heterocycles. The number of benzene rings is 2. The summed E-state index contributed by atoms with van der Waals surface area (Å²) in [5.74, 6) is 0.944. The monoisotopic (exact) mass is 373 g/mol. The smallest absolute Gasteiger partial charge is 0.129 e. The fourth-order valence-electron chi connectivity index (χ4n) is 4.88. The predicted molar refractivity (Wildman–Crippen MR) is 112 cm³/mol. The molecular formula is C25H27NO2. The van der Waals surface area contributed by atoms with Crippen molar-refractivity contribution in [2.24, 2.45) is 0 Å². The van der Waals surface area contributed by atoms with Crippen LogP contribution in [0.3, 0.4) is 0 Å². The van der Waals surface area contributed by atoms with Gasteiger partial charge in [0.2, 0.25) is 0 Å². The van der Waals surface area contributed by atoms with Gasteiger partial charge >= 0.3 is 0 Å². The van der Waals surface area contributed by atoms with E-state index in [2.05, 4.69) is 44.2 Å². The molecule has 1 aliphatic heterocycles. The number of rotatable bonds is 3. The molecule has 144 valence electrons. The standard InChI is InChI=1S/C25H27NO2/c1-16-14-19(9-11-20-10-8-18-6-3-4-7-21(18)26-20)17(2)24-23(16)22(27)15-25(28-24)12-5-13-25/h3-4,6-8,10,14,22,27H,5,9,11-13,15H2,1-2H3. The number of para-hydroxylation sites is 1. The Bertz CT molecular complexity index is 1050. The van der Waals surface area contributed by atoms with E-state index in [1.807, 2.05) is 12.1 Å². The number of hydrogen-bond acceptors (Lipinski definition) is 3. The van der Waals surface area contributed by atoms with Crippen molar-refractivity contribution in [1.82, 2.24) is 4.98 Å². The number of pyridine rings is 1. The minimum Gasteiger partial charge on any atom is -0.486 e. The highest BCUT2D eigenvalue weighted by atomic mass is 16.5. The number of aromatic nitrogens is 1. The van der Waals surface area contributed by atoms with Gasteiger partial charge in [-0.05, 0) is 74.8 Å². The molecule has 3 aromatic rings. The molecule has 5 rings (SSSR count). The molecule has 1 atom stereocenters. The third kappa shape index (κ3) is 2.89. The maximum absolute atomic E-state index is 10.8. The van der Waals surface area contributed by atoms with Crippen LogP contribution in [0.1, 0.15) is 59.7 Å². The number of aryl methyl sites for hydroxylation is 3. The second kappa shape index (κ2) is 6.59. The van der Waals surface area contributed by atoms with Gasteiger partial charge in [0.05, 0.1) is 11.6 Å². The zero-order chi connectivity index (χ0) is 19.3. The Hall–Kier alpha value is -2.39. The summed E-state index contributed by atoms with van der Waals surface area (Å²) >= 11 is 0. The lowest BCUT2D eigenvalue weighted by molar-refractivity contribution is -0.0671. The molecule has 1 saturated carbocycles. The van der Waals surface area contributed by atoms with Gasteiger partial charge in [-0.15, -0.1) is 0 Å². The highest BCUT2D eigenvalue weighted by molar-refractivity contribution is 5.78. The van der Waals surface area contributed by atoms with Gasteiger partial charge in [-0.3, -0.25) is 4.98 Å². The average molecular weight is 373 g/mol. The van der Waals surface area contributed by atoms with Crippen molar-refractivity contribution in [2.45, 2.75) is 64.1 Å². The number of fused-ring (bicyclic) bond motifs is 2. The molecule has 2 heterocycles. The van der Waals surface area contributed by atoms with Crippen LogP contribution >= 0.6 is 0 Å². The summed E-state index contributed by atoms with van der Waals surface area (Å²) in [6.07, 6.45) is 5.49. The molecule has 1 aliphatic carbocycles. The van der Waals surface area contributed by atoms with Gasteiger partial charge in [0.1, 0.15) is 11.4 Å². The second-order valence-electron chi connectivity index (χ2n) is 8.57. The summed E-state index contributed by atoms with van der Waals surface area (Å²) in [7, 11) is 0. The lowest BCUT2D eigenvalue weighted by Gasteiger charge is -2.47. The predicted octanol–water partition coefficient (Wildman–Crippen LogP) is 5.38. The first-order chi connectivity index (χ1) is 13.5. The van der Waals surface area contributed by atoms with E-state index >= 15 is 0 Å². The van der Waals surface area contributed by atoms with Gasteiger partial charge in [0, 0.05) is 23.1 Å². The van der Waals surface area contributed by atoms with E-state index < -0.39 is 6.10 Å². The topological polar surface area (TPSA) is 42.4 Å². The van der Waals surface area contributed by atoms with Crippen LogP contribution in [0.4, 0.5) is 0 Å². The van der Waals surface area contributed by atoms with Crippen LogP contribution < -0.4 is 4.74 Å². The number of ether oxygens (including phenoxy) is 1. The van der Waals surface area contributed by atoms with Gasteiger partial charge in [-0.2, -0.15) is 0 Å². The van der Waals surface area contributed by atoms with Crippen LogP contribution in [0.25, 0.3) is 10.9 Å². The lowest BCUT2D eigenvalue weighted by Crippen LogP contribution is -2.47. The molecule has 0 radical (unpaired) electrons. The minimum absolute atomic E-state index is 0.123. The Balaban J connectivity index is 1.44. The van der Waals surface area contributed by atoms with E-state index in [1.54, 1.807) is 0 Å². The van der Waals surface area contributed by atoms with E-state index in [4.69, 9.17) is 9.72 Å². The first-order valence-corrected chi connectivity index (χ1v) is 10.4. The van der Waals surface area contributed by atoms with Crippen molar-refractivity contribution in [2.75, 3.05) is 0 Å². The number of nitrogens with zero attached hydrogens (tertiary/aromatic N) is 1. The highest BCUT2D eigenvalue weighted by Gasteiger charge is 2.46. The van der Waals surface area contributed by atoms with Crippen molar-refractivity contribution in [3.8, 4) is 5.75 Å². The Morgan fingerprint density at radius 1 is 1.11 bits per heavy atom. The molecule has 1 fully saturated rings. The molecule has 1 unspecified atom stereocenters. The van der Waals surface area contributed by atoms with Crippen LogP contribution in [0, 0.1) is 13.8 Å². The normalized spacial score (nSPS) is 19.9. The molecule has 3 heteroatoms. The number of hydrogen-bond donors (Lipinski definition) is 1. The zero-order valence-corrected chi connectivity index (χ0v) is 16.7. The SMILES string of the molecule is Cc1cc(CCc2ccc3ccccc3n2)c(C)c2c1C(O)CC1(CCC1)O2. The van der Waals surface area contributed by atoms with Gasteiger partial charge in [-0.25, -0.2) is 0 Å². The Kier molecular flexibility index (Phi) is 4.17. The zero-order valence-electron chi connectivity index (χ0n) is 16.7. The van der Waals surface area contributed by atoms with Crippen LogP contribution in [0.15, 0.2) is 42.5 Å². The molecule has 3 nitrogen and oxygen atoms in total. The van der Waals surface area contributed by atoms with Gasteiger partial charge in [0.15, 0.2) is 0 Å². The van der Waals surface area contributed by atoms with E-state index in [-0.39, 0.29) is 5.60 Å². The fraction of sp³-hybridized carbons (Fsp3) is 0.400. The summed E-state index contributed by atoms with van der Waals surface area (Å²) in [5, 5.41) is 12.0. The van der Waals surface area contributed by atoms with Gasteiger partial charge < -0.3 is 9.84 Å². The molecule has 28 heavy (non-hydrogen) atoms. The fourth-order valence-corrected chi connectivity index (χ4v) is 4.88. The van der Waals surface area contributed by atoms with E-state index in [1.165, 1.54) is 22.9 Å². The average Bonchev–Trinajstić information content (AvgIpc) is 2.67. The lowest BCUT2D eigenvalue weighted by atomic mass is 9.72. The Labute approximate surface area is 166 Å². The summed E-state index contributed by atoms with van der Waals surface area (Å²) in [5.41, 5.74) is 6.68. The molecule has 0 bridgehead atoms. The molecule has 2 aromatic carbocycles. The number of aliphatic hydroxyl groups excluding tert-OH is 1. The van der Waals surface area contributed by atoms with E-state index in [9.17, 15) is 5.11 Å². The maximum atomic E-state index is 10.8. The largest absolute Gasteiger partial charge is 0.486 e. The van der Waals surface area contributed by atoms with Gasteiger partial charge in [-0.1, -0.05) is 30.3 Å². The van der Waals surface area contributed by atoms with Crippen LogP contribution in [-0.4, -0.2) is 15.7 Å². The minimum atomic E-state index is -0.404. The number of aliphatic hydroxyl groups is 1. The van der Waals surface area contributed by atoms with Crippen LogP contribution in [-0.2, 0) is 12.8 Å². The third-order valence-electron chi connectivity index (χ3n) is 6.67. The third-order valence-corrected chi connectivity index (χ3v) is 6.67. The summed E-state index contributed by atoms with van der Waals surface area (Å²) in [4.78, 5) is 4.82. The second-order valence-corrected chi connectivity index (χ2v) is 8.57. The molecule has 2 aliphatic rings. The maximum Gasteiger partial charge on any atom is 0.129 e. The van der Waals surface area contributed by atoms with Crippen molar-refractivity contribution >= 4 is 10.9 Å². The summed E-state index contributed by atoms with van der Waals surface area (Å²) in [6.45, 7) is 4.24. The molecule has 0 amide bonds. The molecule has 1 N–H and O–H groups in total. The van der Waals surface area contributed by atoms with Crippen molar-refractivity contribution in [1.29, 1.82) is 0 Å². The van der Waals surface area contributed by atoms with Gasteiger partial charge in [0.25, 0.3) is 0 Å². The summed E-state index contributed by atoms with van der Waals surface area (Å²) < 4.78 is 6.51. The molecule has 1 spiro atoms. The molecular weight excluding hydrogens is 346 g/mol. The Morgan fingerprint density at radius 3 is 2.71 bits per heavy atom. The Morgan fingerprint density at radius 2 is 1.93 bits per heavy atom. The highest BCUT2D eigenvalue weighted by Crippen LogP contribution is 2.51. The summed E-state index contributed by atoms with van der Waals surface area (Å²) in [6, 6.07) is 14.8. The molecule has 0 saturated heterocycles. The van der Waals surface area contributed by atoms with E-state index in [0.29, 0.717) is 0 Å². The van der Waals surface area contributed by atoms with Crippen LogP contribution in [0.5, 0.6) is 5.75 Å². The quantitative estimate of drug-likeness (QED) is 0.671. The first-order valence-electron chi connectivity index (χ1n) is 10.4. The van der Waals surface area contributed by atoms with Crippen molar-refractivity contribution in [3.63, 3.8) is 0 Å². The van der Waals surface area contributed by atoms with Crippen molar-refractivity contribution in [3.05, 3.63) is 70.4 Å². The van der Waals surface area contributed by atoms with E-state index in [0.717, 1.165) is 60.2 Å².